The molecule has 2 heterocycles. The number of thiazole rings is 1. The summed E-state index contributed by atoms with van der Waals surface area (Å²) in [4.78, 5) is 7.78. The average molecular weight is 314 g/mol. The highest BCUT2D eigenvalue weighted by molar-refractivity contribution is 7.09. The second kappa shape index (κ2) is 8.77. The van der Waals surface area contributed by atoms with Crippen molar-refractivity contribution >= 4 is 11.3 Å². The Morgan fingerprint density at radius 1 is 1.43 bits per heavy atom. The van der Waals surface area contributed by atoms with Crippen LogP contribution in [0, 0.1) is 6.92 Å². The van der Waals surface area contributed by atoms with Crippen LogP contribution in [-0.4, -0.2) is 79.1 Å². The first-order chi connectivity index (χ1) is 10.1. The second-order valence-electron chi connectivity index (χ2n) is 5.49. The number of likely N-dealkylation sites (N-methyl/N-ethyl adjacent to an activating group) is 1. The quantitative estimate of drug-likeness (QED) is 0.665. The van der Waals surface area contributed by atoms with Crippen LogP contribution in [0.15, 0.2) is 5.51 Å². The van der Waals surface area contributed by atoms with E-state index in [4.69, 9.17) is 4.74 Å². The van der Waals surface area contributed by atoms with Crippen molar-refractivity contribution < 1.29 is 9.84 Å². The third-order valence-corrected chi connectivity index (χ3v) is 4.68. The van der Waals surface area contributed by atoms with Crippen molar-refractivity contribution in [3.8, 4) is 0 Å². The fourth-order valence-electron chi connectivity index (χ4n) is 2.21. The minimum atomic E-state index is -0.466. The van der Waals surface area contributed by atoms with E-state index in [2.05, 4.69) is 27.4 Å². The van der Waals surface area contributed by atoms with Gasteiger partial charge in [-0.05, 0) is 14.0 Å². The van der Waals surface area contributed by atoms with Gasteiger partial charge in [-0.2, -0.15) is 0 Å². The maximum atomic E-state index is 9.91. The maximum Gasteiger partial charge on any atom is 0.0911 e. The Balaban J connectivity index is 1.51. The molecule has 0 bridgehead atoms. The fourth-order valence-corrected chi connectivity index (χ4v) is 2.97. The van der Waals surface area contributed by atoms with E-state index in [0.29, 0.717) is 19.8 Å². The average Bonchev–Trinajstić information content (AvgIpc) is 2.88. The molecule has 0 aromatic carbocycles. The lowest BCUT2D eigenvalue weighted by molar-refractivity contribution is 0.0181. The van der Waals surface area contributed by atoms with Gasteiger partial charge < -0.3 is 14.7 Å². The number of aliphatic hydroxyl groups excluding tert-OH is 1. The zero-order valence-electron chi connectivity index (χ0n) is 12.9. The first-order valence-corrected chi connectivity index (χ1v) is 8.35. The summed E-state index contributed by atoms with van der Waals surface area (Å²) >= 11 is 1.66. The van der Waals surface area contributed by atoms with Gasteiger partial charge in [0.05, 0.1) is 30.5 Å². The molecule has 2 rings (SSSR count). The van der Waals surface area contributed by atoms with Crippen molar-refractivity contribution in [3.63, 3.8) is 0 Å². The number of hydrazine groups is 1. The van der Waals surface area contributed by atoms with E-state index in [0.717, 1.165) is 38.3 Å². The van der Waals surface area contributed by atoms with Gasteiger partial charge in [-0.15, -0.1) is 11.3 Å². The van der Waals surface area contributed by atoms with Gasteiger partial charge in [0.1, 0.15) is 0 Å². The van der Waals surface area contributed by atoms with Gasteiger partial charge in [-0.1, -0.05) is 0 Å². The largest absolute Gasteiger partial charge is 0.389 e. The molecule has 1 aliphatic rings. The van der Waals surface area contributed by atoms with E-state index >= 15 is 0 Å². The summed E-state index contributed by atoms with van der Waals surface area (Å²) in [6, 6.07) is 0. The van der Waals surface area contributed by atoms with Gasteiger partial charge in [-0.25, -0.2) is 9.99 Å². The normalized spacial score (nSPS) is 19.0. The van der Waals surface area contributed by atoms with Crippen LogP contribution in [0.25, 0.3) is 0 Å². The number of ether oxygens (including phenoxy) is 1. The van der Waals surface area contributed by atoms with Crippen molar-refractivity contribution in [2.75, 3.05) is 53.0 Å². The molecule has 6 nitrogen and oxygen atoms in total. The van der Waals surface area contributed by atoms with Crippen LogP contribution in [0.5, 0.6) is 0 Å². The SMILES string of the molecule is Cc1ncsc1CCOCC(O)CNN1CCN(C)CC1. The van der Waals surface area contributed by atoms with Crippen LogP contribution < -0.4 is 5.43 Å². The highest BCUT2D eigenvalue weighted by Crippen LogP contribution is 2.12. The minimum Gasteiger partial charge on any atom is -0.389 e. The number of piperazine rings is 1. The molecule has 1 unspecified atom stereocenters. The Morgan fingerprint density at radius 2 is 2.19 bits per heavy atom. The molecule has 0 saturated carbocycles. The lowest BCUT2D eigenvalue weighted by atomic mass is 10.3. The molecule has 1 aromatic rings. The van der Waals surface area contributed by atoms with Gasteiger partial charge >= 0.3 is 0 Å². The number of hydrogen-bond donors (Lipinski definition) is 2. The van der Waals surface area contributed by atoms with Crippen molar-refractivity contribution in [1.29, 1.82) is 0 Å². The fraction of sp³-hybridized carbons (Fsp3) is 0.786. The Bertz CT molecular complexity index is 407. The lowest BCUT2D eigenvalue weighted by Gasteiger charge is -2.33. The van der Waals surface area contributed by atoms with E-state index in [9.17, 15) is 5.11 Å². The molecule has 1 aromatic heterocycles. The second-order valence-corrected chi connectivity index (χ2v) is 6.43. The first-order valence-electron chi connectivity index (χ1n) is 7.47. The topological polar surface area (TPSA) is 60.9 Å². The minimum absolute atomic E-state index is 0.374. The van der Waals surface area contributed by atoms with E-state index in [1.54, 1.807) is 11.3 Å². The van der Waals surface area contributed by atoms with Crippen LogP contribution in [0.1, 0.15) is 10.6 Å². The predicted molar refractivity (Wildman–Crippen MR) is 84.5 cm³/mol. The van der Waals surface area contributed by atoms with Crippen molar-refractivity contribution in [2.45, 2.75) is 19.4 Å². The van der Waals surface area contributed by atoms with Gasteiger partial charge in [0, 0.05) is 44.0 Å². The van der Waals surface area contributed by atoms with E-state index in [1.165, 1.54) is 4.88 Å². The van der Waals surface area contributed by atoms with Crippen molar-refractivity contribution in [2.24, 2.45) is 0 Å². The van der Waals surface area contributed by atoms with Gasteiger partial charge in [0.2, 0.25) is 0 Å². The number of nitrogens with one attached hydrogen (secondary N) is 1. The van der Waals surface area contributed by atoms with Crippen LogP contribution in [0.2, 0.25) is 0 Å². The highest BCUT2D eigenvalue weighted by atomic mass is 32.1. The molecule has 1 atom stereocenters. The molecule has 120 valence electrons. The Hall–Kier alpha value is -0.570. The maximum absolute atomic E-state index is 9.91. The van der Waals surface area contributed by atoms with Gasteiger partial charge in [-0.3, -0.25) is 5.43 Å². The summed E-state index contributed by atoms with van der Waals surface area (Å²) in [5.41, 5.74) is 6.22. The van der Waals surface area contributed by atoms with Crippen molar-refractivity contribution in [1.82, 2.24) is 20.3 Å². The molecule has 1 fully saturated rings. The monoisotopic (exact) mass is 314 g/mol. The Morgan fingerprint density at radius 3 is 2.86 bits per heavy atom. The standard InChI is InChI=1S/C14H26N4O2S/c1-12-14(21-11-15-12)3-8-20-10-13(19)9-16-18-6-4-17(2)5-7-18/h11,13,16,19H,3-10H2,1-2H3. The number of hydrogen-bond acceptors (Lipinski definition) is 7. The summed E-state index contributed by atoms with van der Waals surface area (Å²) in [6.45, 7) is 7.68. The lowest BCUT2D eigenvalue weighted by Crippen LogP contribution is -2.52. The number of rotatable bonds is 8. The van der Waals surface area contributed by atoms with Crippen LogP contribution >= 0.6 is 11.3 Å². The third-order valence-electron chi connectivity index (χ3n) is 3.68. The third kappa shape index (κ3) is 5.98. The molecule has 2 N–H and O–H groups in total. The van der Waals surface area contributed by atoms with Gasteiger partial charge in [0.15, 0.2) is 0 Å². The molecule has 1 saturated heterocycles. The molecule has 0 radical (unpaired) electrons. The summed E-state index contributed by atoms with van der Waals surface area (Å²) in [5, 5.41) is 12.1. The zero-order chi connectivity index (χ0) is 15.1. The summed E-state index contributed by atoms with van der Waals surface area (Å²) in [5.74, 6) is 0. The number of aliphatic hydroxyl groups is 1. The van der Waals surface area contributed by atoms with Crippen LogP contribution in [0.3, 0.4) is 0 Å². The molecule has 21 heavy (non-hydrogen) atoms. The molecular weight excluding hydrogens is 288 g/mol. The van der Waals surface area contributed by atoms with Crippen LogP contribution in [0.4, 0.5) is 0 Å². The summed E-state index contributed by atoms with van der Waals surface area (Å²) in [6.07, 6.45) is 0.405. The molecule has 0 spiro atoms. The Kier molecular flexibility index (Phi) is 7.01. The zero-order valence-corrected chi connectivity index (χ0v) is 13.7. The smallest absolute Gasteiger partial charge is 0.0911 e. The number of aromatic nitrogens is 1. The van der Waals surface area contributed by atoms with Gasteiger partial charge in [0.25, 0.3) is 0 Å². The molecule has 7 heteroatoms. The van der Waals surface area contributed by atoms with E-state index in [1.807, 2.05) is 12.4 Å². The molecule has 0 amide bonds. The summed E-state index contributed by atoms with van der Waals surface area (Å²) < 4.78 is 5.54. The number of nitrogens with zero attached hydrogens (tertiary/aromatic N) is 3. The summed E-state index contributed by atoms with van der Waals surface area (Å²) in [7, 11) is 2.13. The first kappa shape index (κ1) is 16.8. The van der Waals surface area contributed by atoms with E-state index < -0.39 is 6.10 Å². The van der Waals surface area contributed by atoms with Crippen LogP contribution in [-0.2, 0) is 11.2 Å². The van der Waals surface area contributed by atoms with Crippen molar-refractivity contribution in [3.05, 3.63) is 16.1 Å². The molecule has 1 aliphatic heterocycles. The molecular formula is C14H26N4O2S. The Labute approximate surface area is 130 Å². The predicted octanol–water partition coefficient (Wildman–Crippen LogP) is 0.124. The molecule has 0 aliphatic carbocycles. The highest BCUT2D eigenvalue weighted by Gasteiger charge is 2.14. The number of aryl methyl sites for hydroxylation is 1. The van der Waals surface area contributed by atoms with E-state index in [-0.39, 0.29) is 0 Å².